The summed E-state index contributed by atoms with van der Waals surface area (Å²) in [7, 11) is 2.01. The van der Waals surface area contributed by atoms with Gasteiger partial charge in [0.25, 0.3) is 0 Å². The molecule has 0 bridgehead atoms. The van der Waals surface area contributed by atoms with Gasteiger partial charge in [0, 0.05) is 6.54 Å². The van der Waals surface area contributed by atoms with Crippen molar-refractivity contribution in [2.45, 2.75) is 20.0 Å². The standard InChI is InChI=1S/C12H16N4O/c1-9-3-4-11(17-9)8-16(2)7-10-5-15-12(13)6-14-10/h3-6H,7-8H2,1-2H3,(H2,13,15). The van der Waals surface area contributed by atoms with Crippen molar-refractivity contribution in [1.29, 1.82) is 0 Å². The van der Waals surface area contributed by atoms with Crippen LogP contribution in [0.1, 0.15) is 17.2 Å². The molecule has 17 heavy (non-hydrogen) atoms. The number of anilines is 1. The van der Waals surface area contributed by atoms with Crippen LogP contribution in [0.4, 0.5) is 5.82 Å². The minimum atomic E-state index is 0.443. The van der Waals surface area contributed by atoms with E-state index in [-0.39, 0.29) is 0 Å². The number of nitrogens with two attached hydrogens (primary N) is 1. The Balaban J connectivity index is 1.93. The molecule has 0 fully saturated rings. The average molecular weight is 232 g/mol. The molecule has 0 saturated carbocycles. The average Bonchev–Trinajstić information content (AvgIpc) is 2.67. The SMILES string of the molecule is Cc1ccc(CN(C)Cc2cnc(N)cn2)o1. The second kappa shape index (κ2) is 4.97. The van der Waals surface area contributed by atoms with Gasteiger partial charge in [-0.25, -0.2) is 4.98 Å². The Labute approximate surface area is 100 Å². The van der Waals surface area contributed by atoms with E-state index in [9.17, 15) is 0 Å². The molecule has 0 unspecified atom stereocenters. The highest BCUT2D eigenvalue weighted by molar-refractivity contribution is 5.22. The van der Waals surface area contributed by atoms with Crippen LogP contribution in [0.3, 0.4) is 0 Å². The molecule has 0 radical (unpaired) electrons. The number of rotatable bonds is 4. The van der Waals surface area contributed by atoms with E-state index in [1.807, 2.05) is 26.1 Å². The van der Waals surface area contributed by atoms with Gasteiger partial charge in [-0.2, -0.15) is 0 Å². The number of furan rings is 1. The van der Waals surface area contributed by atoms with Crippen LogP contribution in [-0.2, 0) is 13.1 Å². The van der Waals surface area contributed by atoms with Crippen LogP contribution in [0.15, 0.2) is 28.9 Å². The molecule has 0 aromatic carbocycles. The van der Waals surface area contributed by atoms with E-state index in [4.69, 9.17) is 10.2 Å². The lowest BCUT2D eigenvalue weighted by molar-refractivity contribution is 0.282. The molecule has 0 aliphatic rings. The Morgan fingerprint density at radius 2 is 2.06 bits per heavy atom. The summed E-state index contributed by atoms with van der Waals surface area (Å²) in [5, 5.41) is 0. The maximum Gasteiger partial charge on any atom is 0.141 e. The zero-order chi connectivity index (χ0) is 12.3. The van der Waals surface area contributed by atoms with Crippen molar-refractivity contribution < 1.29 is 4.42 Å². The van der Waals surface area contributed by atoms with Crippen LogP contribution in [-0.4, -0.2) is 21.9 Å². The van der Waals surface area contributed by atoms with Crippen LogP contribution >= 0.6 is 0 Å². The van der Waals surface area contributed by atoms with Gasteiger partial charge < -0.3 is 10.2 Å². The third-order valence-corrected chi connectivity index (χ3v) is 2.38. The monoisotopic (exact) mass is 232 g/mol. The summed E-state index contributed by atoms with van der Waals surface area (Å²) in [6, 6.07) is 3.95. The zero-order valence-corrected chi connectivity index (χ0v) is 10.1. The summed E-state index contributed by atoms with van der Waals surface area (Å²) in [6.07, 6.45) is 3.26. The number of hydrogen-bond donors (Lipinski definition) is 1. The fourth-order valence-corrected chi connectivity index (χ4v) is 1.61. The normalized spacial score (nSPS) is 11.0. The number of aromatic nitrogens is 2. The zero-order valence-electron chi connectivity index (χ0n) is 10.1. The van der Waals surface area contributed by atoms with Gasteiger partial charge in [0.05, 0.1) is 24.6 Å². The third kappa shape index (κ3) is 3.29. The Bertz CT molecular complexity index is 478. The molecule has 0 aliphatic carbocycles. The quantitative estimate of drug-likeness (QED) is 0.867. The smallest absolute Gasteiger partial charge is 0.141 e. The highest BCUT2D eigenvalue weighted by atomic mass is 16.3. The second-order valence-corrected chi connectivity index (χ2v) is 4.12. The molecule has 2 aromatic rings. The van der Waals surface area contributed by atoms with Gasteiger partial charge in [0.1, 0.15) is 17.3 Å². The van der Waals surface area contributed by atoms with E-state index >= 15 is 0 Å². The van der Waals surface area contributed by atoms with Gasteiger partial charge in [0.2, 0.25) is 0 Å². The second-order valence-electron chi connectivity index (χ2n) is 4.12. The molecular weight excluding hydrogens is 216 g/mol. The minimum absolute atomic E-state index is 0.443. The third-order valence-electron chi connectivity index (χ3n) is 2.38. The van der Waals surface area contributed by atoms with Crippen LogP contribution in [0, 0.1) is 6.92 Å². The lowest BCUT2D eigenvalue weighted by Gasteiger charge is -2.14. The highest BCUT2D eigenvalue weighted by Gasteiger charge is 2.05. The van der Waals surface area contributed by atoms with Crippen molar-refractivity contribution >= 4 is 5.82 Å². The molecule has 0 saturated heterocycles. The summed E-state index contributed by atoms with van der Waals surface area (Å²) in [4.78, 5) is 10.3. The molecule has 2 rings (SSSR count). The molecule has 0 atom stereocenters. The summed E-state index contributed by atoms with van der Waals surface area (Å²) < 4.78 is 5.51. The van der Waals surface area contributed by atoms with Gasteiger partial charge in [-0.05, 0) is 26.1 Å². The predicted molar refractivity (Wildman–Crippen MR) is 65.1 cm³/mol. The molecule has 2 N–H and O–H groups in total. The van der Waals surface area contributed by atoms with Gasteiger partial charge in [-0.15, -0.1) is 0 Å². The molecule has 0 aliphatic heterocycles. The van der Waals surface area contributed by atoms with E-state index in [0.717, 1.165) is 23.8 Å². The number of nitrogens with zero attached hydrogens (tertiary/aromatic N) is 3. The summed E-state index contributed by atoms with van der Waals surface area (Å²) in [6.45, 7) is 3.40. The maximum atomic E-state index is 5.51. The first-order chi connectivity index (χ1) is 8.13. The van der Waals surface area contributed by atoms with Crippen molar-refractivity contribution in [3.8, 4) is 0 Å². The minimum Gasteiger partial charge on any atom is -0.465 e. The molecule has 2 aromatic heterocycles. The molecular formula is C12H16N4O. The predicted octanol–water partition coefficient (Wildman–Crippen LogP) is 1.59. The summed E-state index contributed by atoms with van der Waals surface area (Å²) in [5.74, 6) is 2.33. The van der Waals surface area contributed by atoms with E-state index in [0.29, 0.717) is 12.4 Å². The lowest BCUT2D eigenvalue weighted by atomic mass is 10.3. The number of aryl methyl sites for hydroxylation is 1. The first-order valence-corrected chi connectivity index (χ1v) is 5.44. The summed E-state index contributed by atoms with van der Waals surface area (Å²) >= 11 is 0. The highest BCUT2D eigenvalue weighted by Crippen LogP contribution is 2.10. The molecule has 5 nitrogen and oxygen atoms in total. The summed E-state index contributed by atoms with van der Waals surface area (Å²) in [5.41, 5.74) is 6.38. The molecule has 0 amide bonds. The van der Waals surface area contributed by atoms with E-state index in [1.54, 1.807) is 12.4 Å². The topological polar surface area (TPSA) is 68.2 Å². The molecule has 5 heteroatoms. The van der Waals surface area contributed by atoms with E-state index < -0.39 is 0 Å². The Morgan fingerprint density at radius 3 is 2.65 bits per heavy atom. The fraction of sp³-hybridized carbons (Fsp3) is 0.333. The first-order valence-electron chi connectivity index (χ1n) is 5.44. The van der Waals surface area contributed by atoms with Crippen molar-refractivity contribution in [3.05, 3.63) is 41.7 Å². The Morgan fingerprint density at radius 1 is 1.24 bits per heavy atom. The van der Waals surface area contributed by atoms with Gasteiger partial charge in [-0.1, -0.05) is 0 Å². The van der Waals surface area contributed by atoms with Gasteiger partial charge in [0.15, 0.2) is 0 Å². The van der Waals surface area contributed by atoms with Crippen LogP contribution < -0.4 is 5.73 Å². The van der Waals surface area contributed by atoms with Crippen LogP contribution in [0.5, 0.6) is 0 Å². The maximum absolute atomic E-state index is 5.51. The van der Waals surface area contributed by atoms with Crippen molar-refractivity contribution in [1.82, 2.24) is 14.9 Å². The van der Waals surface area contributed by atoms with E-state index in [1.165, 1.54) is 0 Å². The number of hydrogen-bond acceptors (Lipinski definition) is 5. The molecule has 0 spiro atoms. The van der Waals surface area contributed by atoms with E-state index in [2.05, 4.69) is 14.9 Å². The Kier molecular flexibility index (Phi) is 3.39. The van der Waals surface area contributed by atoms with Crippen molar-refractivity contribution in [3.63, 3.8) is 0 Å². The van der Waals surface area contributed by atoms with Crippen molar-refractivity contribution in [2.24, 2.45) is 0 Å². The fourth-order valence-electron chi connectivity index (χ4n) is 1.61. The molecule has 2 heterocycles. The van der Waals surface area contributed by atoms with Gasteiger partial charge in [-0.3, -0.25) is 9.88 Å². The van der Waals surface area contributed by atoms with Crippen molar-refractivity contribution in [2.75, 3.05) is 12.8 Å². The lowest BCUT2D eigenvalue weighted by Crippen LogP contribution is -2.17. The number of nitrogen functional groups attached to an aromatic ring is 1. The first kappa shape index (κ1) is 11.6. The van der Waals surface area contributed by atoms with Gasteiger partial charge >= 0.3 is 0 Å². The molecule has 90 valence electrons. The van der Waals surface area contributed by atoms with Crippen LogP contribution in [0.2, 0.25) is 0 Å². The Hall–Kier alpha value is -1.88. The largest absolute Gasteiger partial charge is 0.465 e. The van der Waals surface area contributed by atoms with Crippen LogP contribution in [0.25, 0.3) is 0 Å².